The minimum Gasteiger partial charge on any atom is -0.494 e. The molecule has 5 nitrogen and oxygen atoms in total. The number of hydrogen-bond donors (Lipinski definition) is 0. The lowest BCUT2D eigenvalue weighted by atomic mass is 10.2. The Labute approximate surface area is 155 Å². The molecule has 0 saturated carbocycles. The Morgan fingerprint density at radius 1 is 1.23 bits per heavy atom. The van der Waals surface area contributed by atoms with E-state index in [4.69, 9.17) is 4.74 Å². The van der Waals surface area contributed by atoms with Gasteiger partial charge >= 0.3 is 0 Å². The van der Waals surface area contributed by atoms with Gasteiger partial charge in [0.05, 0.1) is 12.8 Å². The fourth-order valence-electron chi connectivity index (χ4n) is 3.29. The normalized spacial score (nSPS) is 13.0. The number of aryl methyl sites for hydroxylation is 1. The Bertz CT molecular complexity index is 957. The molecule has 0 fully saturated rings. The molecular formula is C19H19FN4OS. The molecule has 26 heavy (non-hydrogen) atoms. The minimum absolute atomic E-state index is 0.256. The molecule has 0 spiro atoms. The van der Waals surface area contributed by atoms with Crippen molar-refractivity contribution in [2.24, 2.45) is 0 Å². The van der Waals surface area contributed by atoms with Crippen molar-refractivity contribution in [3.05, 3.63) is 58.9 Å². The Balaban J connectivity index is 1.53. The lowest BCUT2D eigenvalue weighted by Gasteiger charge is -2.07. The molecule has 134 valence electrons. The van der Waals surface area contributed by atoms with E-state index in [-0.39, 0.29) is 11.6 Å². The third kappa shape index (κ3) is 3.19. The third-order valence-electron chi connectivity index (χ3n) is 4.58. The van der Waals surface area contributed by atoms with Crippen molar-refractivity contribution in [2.45, 2.75) is 37.0 Å². The first-order valence-corrected chi connectivity index (χ1v) is 9.49. The monoisotopic (exact) mass is 370 g/mol. The number of hydrogen-bond acceptors (Lipinski definition) is 5. The SMILES string of the molecule is COc1ccc(CSc2cc(-n3nc(C)c4c3CCC4)ncn2)cc1F. The van der Waals surface area contributed by atoms with Crippen LogP contribution >= 0.6 is 11.8 Å². The maximum atomic E-state index is 13.8. The number of rotatable bonds is 5. The minimum atomic E-state index is -0.350. The van der Waals surface area contributed by atoms with Gasteiger partial charge in [0.15, 0.2) is 17.4 Å². The summed E-state index contributed by atoms with van der Waals surface area (Å²) in [6, 6.07) is 6.94. The molecule has 0 atom stereocenters. The van der Waals surface area contributed by atoms with Gasteiger partial charge in [-0.05, 0) is 49.4 Å². The van der Waals surface area contributed by atoms with Crippen LogP contribution in [0, 0.1) is 12.7 Å². The zero-order valence-electron chi connectivity index (χ0n) is 14.7. The number of nitrogens with zero attached hydrogens (tertiary/aromatic N) is 4. The van der Waals surface area contributed by atoms with Gasteiger partial charge in [0.1, 0.15) is 11.4 Å². The quantitative estimate of drug-likeness (QED) is 0.504. The first kappa shape index (κ1) is 17.0. The molecule has 0 bridgehead atoms. The molecule has 0 aliphatic heterocycles. The van der Waals surface area contributed by atoms with E-state index in [9.17, 15) is 4.39 Å². The van der Waals surface area contributed by atoms with Gasteiger partial charge in [-0.1, -0.05) is 6.07 Å². The van der Waals surface area contributed by atoms with Gasteiger partial charge in [-0.15, -0.1) is 11.8 Å². The number of ether oxygens (including phenoxy) is 1. The van der Waals surface area contributed by atoms with Gasteiger partial charge in [-0.3, -0.25) is 0 Å². The van der Waals surface area contributed by atoms with Gasteiger partial charge in [0.25, 0.3) is 0 Å². The van der Waals surface area contributed by atoms with E-state index in [1.54, 1.807) is 24.2 Å². The molecule has 1 aliphatic rings. The number of benzene rings is 1. The van der Waals surface area contributed by atoms with Crippen molar-refractivity contribution >= 4 is 11.8 Å². The highest BCUT2D eigenvalue weighted by atomic mass is 32.2. The second-order valence-corrected chi connectivity index (χ2v) is 7.24. The van der Waals surface area contributed by atoms with E-state index in [1.807, 2.05) is 16.8 Å². The Hall–Kier alpha value is -2.41. The van der Waals surface area contributed by atoms with Gasteiger partial charge in [-0.25, -0.2) is 19.0 Å². The van der Waals surface area contributed by atoms with Crippen molar-refractivity contribution in [2.75, 3.05) is 7.11 Å². The zero-order valence-corrected chi connectivity index (χ0v) is 15.5. The topological polar surface area (TPSA) is 52.8 Å². The molecule has 0 saturated heterocycles. The van der Waals surface area contributed by atoms with Gasteiger partial charge in [0, 0.05) is 17.5 Å². The van der Waals surface area contributed by atoms with Crippen LogP contribution in [0.3, 0.4) is 0 Å². The summed E-state index contributed by atoms with van der Waals surface area (Å²) >= 11 is 1.54. The highest BCUT2D eigenvalue weighted by molar-refractivity contribution is 7.98. The maximum Gasteiger partial charge on any atom is 0.165 e. The van der Waals surface area contributed by atoms with Crippen molar-refractivity contribution in [3.63, 3.8) is 0 Å². The van der Waals surface area contributed by atoms with E-state index >= 15 is 0 Å². The van der Waals surface area contributed by atoms with E-state index < -0.39 is 0 Å². The molecule has 1 aromatic carbocycles. The lowest BCUT2D eigenvalue weighted by Crippen LogP contribution is -2.04. The molecule has 0 amide bonds. The number of fused-ring (bicyclic) bond motifs is 1. The third-order valence-corrected chi connectivity index (χ3v) is 5.58. The van der Waals surface area contributed by atoms with Crippen LogP contribution in [0.5, 0.6) is 5.75 Å². The molecule has 2 heterocycles. The molecule has 7 heteroatoms. The molecular weight excluding hydrogens is 351 g/mol. The second kappa shape index (κ2) is 7.07. The summed E-state index contributed by atoms with van der Waals surface area (Å²) in [5.74, 6) is 1.31. The predicted molar refractivity (Wildman–Crippen MR) is 98.4 cm³/mol. The Morgan fingerprint density at radius 3 is 2.92 bits per heavy atom. The predicted octanol–water partition coefficient (Wildman–Crippen LogP) is 3.90. The Kier molecular flexibility index (Phi) is 4.63. The van der Waals surface area contributed by atoms with Crippen molar-refractivity contribution in [1.29, 1.82) is 0 Å². The number of halogens is 1. The molecule has 4 rings (SSSR count). The van der Waals surface area contributed by atoms with Crippen molar-refractivity contribution < 1.29 is 9.13 Å². The summed E-state index contributed by atoms with van der Waals surface area (Å²) < 4.78 is 20.7. The molecule has 0 radical (unpaired) electrons. The standard InChI is InChI=1S/C19H19FN4OS/c1-12-14-4-3-5-16(14)24(23-12)18-9-19(22-11-21-18)26-10-13-6-7-17(25-2)15(20)8-13/h6-9,11H,3-5,10H2,1-2H3. The average molecular weight is 370 g/mol. The Morgan fingerprint density at radius 2 is 2.12 bits per heavy atom. The van der Waals surface area contributed by atoms with Crippen LogP contribution in [-0.2, 0) is 18.6 Å². The van der Waals surface area contributed by atoms with E-state index in [0.717, 1.165) is 34.9 Å². The molecule has 1 aliphatic carbocycles. The van der Waals surface area contributed by atoms with Crippen LogP contribution in [0.25, 0.3) is 5.82 Å². The van der Waals surface area contributed by atoms with Crippen molar-refractivity contribution in [1.82, 2.24) is 19.7 Å². The molecule has 0 unspecified atom stereocenters. The molecule has 3 aromatic rings. The summed E-state index contributed by atoms with van der Waals surface area (Å²) in [4.78, 5) is 8.72. The summed E-state index contributed by atoms with van der Waals surface area (Å²) in [6.07, 6.45) is 4.86. The lowest BCUT2D eigenvalue weighted by molar-refractivity contribution is 0.386. The summed E-state index contributed by atoms with van der Waals surface area (Å²) in [7, 11) is 1.46. The maximum absolute atomic E-state index is 13.8. The van der Waals surface area contributed by atoms with E-state index in [1.165, 1.54) is 30.9 Å². The second-order valence-electron chi connectivity index (χ2n) is 6.25. The molecule has 0 N–H and O–H groups in total. The fourth-order valence-corrected chi connectivity index (χ4v) is 4.10. The number of aromatic nitrogens is 4. The highest BCUT2D eigenvalue weighted by Gasteiger charge is 2.21. The largest absolute Gasteiger partial charge is 0.494 e. The van der Waals surface area contributed by atoms with Crippen LogP contribution in [0.1, 0.15) is 28.9 Å². The summed E-state index contributed by atoms with van der Waals surface area (Å²) in [5, 5.41) is 5.49. The van der Waals surface area contributed by atoms with Gasteiger partial charge < -0.3 is 4.74 Å². The summed E-state index contributed by atoms with van der Waals surface area (Å²) in [5.41, 5.74) is 4.57. The first-order chi connectivity index (χ1) is 12.7. The fraction of sp³-hybridized carbons (Fsp3) is 0.316. The zero-order chi connectivity index (χ0) is 18.1. The van der Waals surface area contributed by atoms with Crippen LogP contribution in [0.4, 0.5) is 4.39 Å². The number of thioether (sulfide) groups is 1. The smallest absolute Gasteiger partial charge is 0.165 e. The number of methoxy groups -OCH3 is 1. The van der Waals surface area contributed by atoms with Crippen LogP contribution in [0.2, 0.25) is 0 Å². The molecule has 2 aromatic heterocycles. The van der Waals surface area contributed by atoms with Gasteiger partial charge in [0.2, 0.25) is 0 Å². The van der Waals surface area contributed by atoms with Crippen LogP contribution in [0.15, 0.2) is 35.6 Å². The van der Waals surface area contributed by atoms with E-state index in [0.29, 0.717) is 5.75 Å². The first-order valence-electron chi connectivity index (χ1n) is 8.50. The van der Waals surface area contributed by atoms with Crippen LogP contribution in [-0.4, -0.2) is 26.9 Å². The van der Waals surface area contributed by atoms with Crippen LogP contribution < -0.4 is 4.74 Å². The van der Waals surface area contributed by atoms with E-state index in [2.05, 4.69) is 22.0 Å². The van der Waals surface area contributed by atoms with Crippen molar-refractivity contribution in [3.8, 4) is 11.6 Å². The average Bonchev–Trinajstić information content (AvgIpc) is 3.25. The van der Waals surface area contributed by atoms with Gasteiger partial charge in [-0.2, -0.15) is 5.10 Å². The summed E-state index contributed by atoms with van der Waals surface area (Å²) in [6.45, 7) is 2.05. The highest BCUT2D eigenvalue weighted by Crippen LogP contribution is 2.28.